The highest BCUT2D eigenvalue weighted by Crippen LogP contribution is 2.16. The van der Waals surface area contributed by atoms with Crippen LogP contribution < -0.4 is 21.0 Å². The zero-order valence-corrected chi connectivity index (χ0v) is 19.0. The molecule has 0 aliphatic rings. The maximum Gasteiger partial charge on any atom is 0.408 e. The van der Waals surface area contributed by atoms with Gasteiger partial charge in [-0.1, -0.05) is 43.2 Å². The molecule has 9 heteroatoms. The zero-order valence-electron chi connectivity index (χ0n) is 19.0. The highest BCUT2D eigenvalue weighted by Gasteiger charge is 2.21. The molecule has 3 amide bonds. The van der Waals surface area contributed by atoms with E-state index in [9.17, 15) is 14.4 Å². The number of hydroxylamine groups is 1. The van der Waals surface area contributed by atoms with Gasteiger partial charge in [-0.15, -0.1) is 0 Å². The molecule has 0 bridgehead atoms. The second-order valence-electron chi connectivity index (χ2n) is 7.82. The van der Waals surface area contributed by atoms with E-state index >= 15 is 0 Å². The minimum absolute atomic E-state index is 0.100. The number of rotatable bonds is 12. The zero-order chi connectivity index (χ0) is 24.1. The van der Waals surface area contributed by atoms with Crippen LogP contribution in [0.4, 0.5) is 16.2 Å². The van der Waals surface area contributed by atoms with Crippen LogP contribution in [0.3, 0.4) is 0 Å². The number of carbonyl (C=O) groups is 3. The second kappa shape index (κ2) is 13.7. The fourth-order valence-corrected chi connectivity index (χ4v) is 3.11. The Labute approximate surface area is 194 Å². The molecular formula is C24H32N4O5. The van der Waals surface area contributed by atoms with E-state index in [2.05, 4.69) is 10.6 Å². The van der Waals surface area contributed by atoms with Gasteiger partial charge in [0.2, 0.25) is 11.8 Å². The van der Waals surface area contributed by atoms with Crippen LogP contribution >= 0.6 is 0 Å². The number of carbonyl (C=O) groups excluding carboxylic acids is 3. The summed E-state index contributed by atoms with van der Waals surface area (Å²) < 4.78 is 5.26. The molecule has 0 unspecified atom stereocenters. The lowest BCUT2D eigenvalue weighted by atomic mass is 10.1. The maximum atomic E-state index is 12.9. The van der Waals surface area contributed by atoms with Crippen LogP contribution in [-0.2, 0) is 20.9 Å². The van der Waals surface area contributed by atoms with Crippen LogP contribution in [0.25, 0.3) is 0 Å². The summed E-state index contributed by atoms with van der Waals surface area (Å²) in [6.07, 6.45) is 1.72. The summed E-state index contributed by atoms with van der Waals surface area (Å²) in [5.74, 6) is -0.801. The van der Waals surface area contributed by atoms with Gasteiger partial charge in [-0.2, -0.15) is 0 Å². The molecule has 4 N–H and O–H groups in total. The van der Waals surface area contributed by atoms with E-state index < -0.39 is 18.0 Å². The largest absolute Gasteiger partial charge is 0.445 e. The number of hydrogen-bond donors (Lipinski definition) is 4. The van der Waals surface area contributed by atoms with E-state index in [1.54, 1.807) is 17.6 Å². The van der Waals surface area contributed by atoms with Crippen LogP contribution in [0.15, 0.2) is 54.6 Å². The number of amides is 3. The molecule has 9 nitrogen and oxygen atoms in total. The van der Waals surface area contributed by atoms with Crippen molar-refractivity contribution in [1.29, 1.82) is 0 Å². The van der Waals surface area contributed by atoms with E-state index in [-0.39, 0.29) is 18.9 Å². The number of unbranched alkanes of at least 4 members (excludes halogenated alkanes) is 2. The predicted octanol–water partition coefficient (Wildman–Crippen LogP) is 3.44. The number of hydrogen-bond acceptors (Lipinski definition) is 6. The summed E-state index contributed by atoms with van der Waals surface area (Å²) in [5, 5.41) is 14.0. The van der Waals surface area contributed by atoms with E-state index in [1.807, 2.05) is 61.5 Å². The van der Waals surface area contributed by atoms with Crippen molar-refractivity contribution in [2.75, 3.05) is 24.3 Å². The normalized spacial score (nSPS) is 11.2. The van der Waals surface area contributed by atoms with Gasteiger partial charge >= 0.3 is 6.09 Å². The molecule has 0 aromatic heterocycles. The average molecular weight is 457 g/mol. The Morgan fingerprint density at radius 1 is 0.970 bits per heavy atom. The third-order valence-corrected chi connectivity index (χ3v) is 4.99. The molecule has 0 heterocycles. The summed E-state index contributed by atoms with van der Waals surface area (Å²) in [7, 11) is 3.86. The monoisotopic (exact) mass is 456 g/mol. The Morgan fingerprint density at radius 3 is 2.30 bits per heavy atom. The van der Waals surface area contributed by atoms with Gasteiger partial charge in [-0.3, -0.25) is 14.8 Å². The fourth-order valence-electron chi connectivity index (χ4n) is 3.11. The van der Waals surface area contributed by atoms with Gasteiger partial charge in [0, 0.05) is 31.9 Å². The van der Waals surface area contributed by atoms with Crippen molar-refractivity contribution in [3.8, 4) is 0 Å². The molecule has 0 radical (unpaired) electrons. The Balaban J connectivity index is 1.93. The molecule has 1 atom stereocenters. The SMILES string of the molecule is CN(C)c1ccc(NC(=O)[C@H](CCCCCC(=O)NO)NC(=O)OCc2ccccc2)cc1. The number of anilines is 2. The summed E-state index contributed by atoms with van der Waals surface area (Å²) in [5.41, 5.74) is 4.06. The fraction of sp³-hybridized carbons (Fsp3) is 0.375. The Kier molecular flexibility index (Phi) is 10.7. The first-order valence-electron chi connectivity index (χ1n) is 10.9. The molecule has 0 spiro atoms. The lowest BCUT2D eigenvalue weighted by Gasteiger charge is -2.19. The average Bonchev–Trinajstić information content (AvgIpc) is 2.82. The standard InChI is InChI=1S/C24H32N4O5/c1-28(2)20-15-13-19(14-16-20)25-23(30)21(11-7-4-8-12-22(29)27-32)26-24(31)33-17-18-9-5-3-6-10-18/h3,5-6,9-10,13-16,21,32H,4,7-8,11-12,17H2,1-2H3,(H,25,30)(H,26,31)(H,27,29)/t21-/m0/s1. The molecule has 0 saturated heterocycles. The number of benzene rings is 2. The quantitative estimate of drug-likeness (QED) is 0.221. The first-order valence-corrected chi connectivity index (χ1v) is 10.9. The molecule has 33 heavy (non-hydrogen) atoms. The minimum Gasteiger partial charge on any atom is -0.445 e. The topological polar surface area (TPSA) is 120 Å². The van der Waals surface area contributed by atoms with Crippen molar-refractivity contribution in [3.05, 3.63) is 60.2 Å². The van der Waals surface area contributed by atoms with Crippen LogP contribution in [0.5, 0.6) is 0 Å². The van der Waals surface area contributed by atoms with Crippen LogP contribution in [0.2, 0.25) is 0 Å². The van der Waals surface area contributed by atoms with Crippen molar-refractivity contribution in [2.24, 2.45) is 0 Å². The van der Waals surface area contributed by atoms with Crippen molar-refractivity contribution in [3.63, 3.8) is 0 Å². The van der Waals surface area contributed by atoms with Crippen molar-refractivity contribution >= 4 is 29.3 Å². The van der Waals surface area contributed by atoms with Crippen molar-refractivity contribution in [2.45, 2.75) is 44.8 Å². The van der Waals surface area contributed by atoms with Crippen LogP contribution in [-0.4, -0.2) is 43.3 Å². The number of nitrogens with one attached hydrogen (secondary N) is 3. The number of alkyl carbamates (subject to hydrolysis) is 1. The van der Waals surface area contributed by atoms with Gasteiger partial charge in [0.25, 0.3) is 0 Å². The summed E-state index contributed by atoms with van der Waals surface area (Å²) in [4.78, 5) is 38.3. The molecule has 0 aliphatic heterocycles. The van der Waals surface area contributed by atoms with E-state index in [1.165, 1.54) is 0 Å². The molecule has 2 rings (SSSR count). The van der Waals surface area contributed by atoms with Gasteiger partial charge in [0.1, 0.15) is 12.6 Å². The molecule has 0 saturated carbocycles. The Morgan fingerprint density at radius 2 is 1.67 bits per heavy atom. The molecule has 2 aromatic rings. The first kappa shape index (κ1) is 25.7. The summed E-state index contributed by atoms with van der Waals surface area (Å²) in [6.45, 7) is 0.100. The third-order valence-electron chi connectivity index (χ3n) is 4.99. The molecule has 0 fully saturated rings. The highest BCUT2D eigenvalue weighted by atomic mass is 16.5. The van der Waals surface area contributed by atoms with Gasteiger partial charge in [0.05, 0.1) is 0 Å². The Bertz CT molecular complexity index is 887. The molecule has 0 aliphatic carbocycles. The van der Waals surface area contributed by atoms with E-state index in [4.69, 9.17) is 9.94 Å². The third kappa shape index (κ3) is 9.61. The van der Waals surface area contributed by atoms with Crippen LogP contribution in [0.1, 0.15) is 37.7 Å². The lowest BCUT2D eigenvalue weighted by Crippen LogP contribution is -2.44. The number of ether oxygens (including phenoxy) is 1. The van der Waals surface area contributed by atoms with Gasteiger partial charge in [-0.25, -0.2) is 10.3 Å². The molecular weight excluding hydrogens is 424 g/mol. The smallest absolute Gasteiger partial charge is 0.408 e. The summed E-state index contributed by atoms with van der Waals surface area (Å²) in [6, 6.07) is 15.8. The number of nitrogens with zero attached hydrogens (tertiary/aromatic N) is 1. The maximum absolute atomic E-state index is 12.9. The Hall–Kier alpha value is -3.59. The van der Waals surface area contributed by atoms with Gasteiger partial charge < -0.3 is 20.3 Å². The van der Waals surface area contributed by atoms with Gasteiger partial charge in [-0.05, 0) is 42.7 Å². The van der Waals surface area contributed by atoms with Crippen molar-refractivity contribution < 1.29 is 24.3 Å². The molecule has 178 valence electrons. The first-order chi connectivity index (χ1) is 15.9. The minimum atomic E-state index is -0.798. The molecule has 2 aromatic carbocycles. The van der Waals surface area contributed by atoms with E-state index in [0.717, 1.165) is 11.3 Å². The van der Waals surface area contributed by atoms with E-state index in [0.29, 0.717) is 31.4 Å². The van der Waals surface area contributed by atoms with Gasteiger partial charge in [0.15, 0.2) is 0 Å². The van der Waals surface area contributed by atoms with Crippen LogP contribution in [0, 0.1) is 0 Å². The lowest BCUT2D eigenvalue weighted by molar-refractivity contribution is -0.129. The predicted molar refractivity (Wildman–Crippen MR) is 126 cm³/mol. The second-order valence-corrected chi connectivity index (χ2v) is 7.82. The summed E-state index contributed by atoms with van der Waals surface area (Å²) >= 11 is 0. The highest BCUT2D eigenvalue weighted by molar-refractivity contribution is 5.96. The van der Waals surface area contributed by atoms with Crippen molar-refractivity contribution in [1.82, 2.24) is 10.8 Å².